The van der Waals surface area contributed by atoms with Crippen LogP contribution in [0.3, 0.4) is 0 Å². The monoisotopic (exact) mass is 556 g/mol. The molecule has 5 rings (SSSR count). The predicted octanol–water partition coefficient (Wildman–Crippen LogP) is 5.47. The summed E-state index contributed by atoms with van der Waals surface area (Å²) in [6.45, 7) is 11.1. The normalized spacial score (nSPS) is 29.8. The molecule has 2 unspecified atom stereocenters. The Morgan fingerprint density at radius 2 is 1.29 bits per heavy atom. The molecule has 7 nitrogen and oxygen atoms in total. The van der Waals surface area contributed by atoms with Gasteiger partial charge in [0.05, 0.1) is 12.5 Å². The summed E-state index contributed by atoms with van der Waals surface area (Å²) in [7, 11) is 0. The summed E-state index contributed by atoms with van der Waals surface area (Å²) in [5, 5.41) is 14.7. The van der Waals surface area contributed by atoms with E-state index < -0.39 is 39.9 Å². The second kappa shape index (κ2) is 10.1. The second-order valence-electron chi connectivity index (χ2n) is 12.4. The van der Waals surface area contributed by atoms with Gasteiger partial charge in [-0.25, -0.2) is 4.79 Å². The lowest BCUT2D eigenvalue weighted by Crippen LogP contribution is -2.67. The number of nitrogens with one attached hydrogen (secondary N) is 1. The number of hydrogen-bond donors (Lipinski definition) is 2. The molecule has 2 heterocycles. The summed E-state index contributed by atoms with van der Waals surface area (Å²) in [6, 6.07) is 29.6. The molecule has 3 amide bonds. The molecule has 0 spiro atoms. The van der Waals surface area contributed by atoms with E-state index in [1.54, 1.807) is 13.8 Å². The van der Waals surface area contributed by atoms with E-state index >= 15 is 0 Å². The van der Waals surface area contributed by atoms with Crippen LogP contribution in [-0.2, 0) is 19.9 Å². The molecule has 0 saturated carbocycles. The number of amides is 3. The van der Waals surface area contributed by atoms with Crippen molar-refractivity contribution in [2.75, 3.05) is 13.2 Å². The topological polar surface area (TPSA) is 88.1 Å². The molecule has 216 valence electrons. The summed E-state index contributed by atoms with van der Waals surface area (Å²) in [4.78, 5) is 26.9. The van der Waals surface area contributed by atoms with Gasteiger partial charge in [0.1, 0.15) is 16.8 Å². The fourth-order valence-electron chi connectivity index (χ4n) is 6.46. The molecular weight excluding hydrogens is 516 g/mol. The molecule has 2 saturated heterocycles. The summed E-state index contributed by atoms with van der Waals surface area (Å²) in [6.07, 6.45) is 0. The van der Waals surface area contributed by atoms with Crippen LogP contribution in [0.5, 0.6) is 0 Å². The van der Waals surface area contributed by atoms with Gasteiger partial charge in [0.2, 0.25) is 5.91 Å². The van der Waals surface area contributed by atoms with E-state index in [0.717, 1.165) is 16.7 Å². The second-order valence-corrected chi connectivity index (χ2v) is 12.4. The van der Waals surface area contributed by atoms with Crippen molar-refractivity contribution in [1.29, 1.82) is 0 Å². The Balaban J connectivity index is 1.61. The van der Waals surface area contributed by atoms with Crippen LogP contribution >= 0.6 is 0 Å². The largest absolute Gasteiger partial charge is 0.386 e. The van der Waals surface area contributed by atoms with Gasteiger partial charge in [0.25, 0.3) is 0 Å². The number of urea groups is 1. The Morgan fingerprint density at radius 1 is 0.854 bits per heavy atom. The number of rotatable bonds is 7. The van der Waals surface area contributed by atoms with Gasteiger partial charge >= 0.3 is 6.03 Å². The van der Waals surface area contributed by atoms with Gasteiger partial charge in [-0.05, 0) is 37.5 Å². The molecule has 4 atom stereocenters. The molecule has 2 aliphatic heterocycles. The van der Waals surface area contributed by atoms with Crippen molar-refractivity contribution in [3.63, 3.8) is 0 Å². The van der Waals surface area contributed by atoms with Crippen LogP contribution in [-0.4, -0.2) is 52.0 Å². The number of imide groups is 1. The first-order valence-corrected chi connectivity index (χ1v) is 14.2. The zero-order valence-electron chi connectivity index (χ0n) is 24.7. The molecule has 7 heteroatoms. The first-order valence-electron chi connectivity index (χ1n) is 14.2. The lowest BCUT2D eigenvalue weighted by molar-refractivity contribution is -0.211. The Morgan fingerprint density at radius 3 is 1.73 bits per heavy atom. The molecule has 2 fully saturated rings. The van der Waals surface area contributed by atoms with Crippen LogP contribution in [0.15, 0.2) is 91.0 Å². The van der Waals surface area contributed by atoms with Crippen molar-refractivity contribution in [2.24, 2.45) is 11.3 Å². The molecule has 0 radical (unpaired) electrons. The van der Waals surface area contributed by atoms with Gasteiger partial charge in [0, 0.05) is 12.0 Å². The summed E-state index contributed by atoms with van der Waals surface area (Å²) >= 11 is 0. The molecule has 2 aliphatic rings. The van der Waals surface area contributed by atoms with E-state index in [1.165, 1.54) is 4.90 Å². The summed E-state index contributed by atoms with van der Waals surface area (Å²) in [5.41, 5.74) is -3.11. The van der Waals surface area contributed by atoms with Crippen LogP contribution < -0.4 is 5.32 Å². The Bertz CT molecular complexity index is 1310. The van der Waals surface area contributed by atoms with Gasteiger partial charge < -0.3 is 14.6 Å². The Hall–Kier alpha value is -3.52. The lowest BCUT2D eigenvalue weighted by atomic mass is 9.65. The smallest absolute Gasteiger partial charge is 0.326 e. The molecule has 2 N–H and O–H groups in total. The highest BCUT2D eigenvalue weighted by atomic mass is 16.6. The van der Waals surface area contributed by atoms with Gasteiger partial charge in [0.15, 0.2) is 5.72 Å². The van der Waals surface area contributed by atoms with Gasteiger partial charge in [-0.2, -0.15) is 0 Å². The molecular formula is C34H40N2O5. The van der Waals surface area contributed by atoms with E-state index in [2.05, 4.69) is 5.32 Å². The van der Waals surface area contributed by atoms with Crippen LogP contribution in [0.1, 0.15) is 58.2 Å². The highest BCUT2D eigenvalue weighted by Gasteiger charge is 2.73. The maximum atomic E-state index is 13.1. The number of nitrogens with zero attached hydrogens (tertiary/aromatic N) is 1. The van der Waals surface area contributed by atoms with E-state index in [9.17, 15) is 14.7 Å². The van der Waals surface area contributed by atoms with Crippen LogP contribution in [0.25, 0.3) is 0 Å². The Labute approximate surface area is 242 Å². The van der Waals surface area contributed by atoms with Crippen molar-refractivity contribution in [3.8, 4) is 0 Å². The third kappa shape index (κ3) is 4.30. The summed E-state index contributed by atoms with van der Waals surface area (Å²) in [5.74, 6) is -0.735. The van der Waals surface area contributed by atoms with Crippen molar-refractivity contribution in [3.05, 3.63) is 108 Å². The zero-order valence-corrected chi connectivity index (χ0v) is 24.7. The van der Waals surface area contributed by atoms with Gasteiger partial charge in [-0.15, -0.1) is 0 Å². The Kier molecular flexibility index (Phi) is 7.13. The van der Waals surface area contributed by atoms with E-state index in [4.69, 9.17) is 9.47 Å². The van der Waals surface area contributed by atoms with Gasteiger partial charge in [-0.1, -0.05) is 112 Å². The number of carbonyl (C=O) groups excluding carboxylic acids is 2. The average molecular weight is 557 g/mol. The number of carbonyl (C=O) groups is 2. The number of benzene rings is 3. The van der Waals surface area contributed by atoms with Crippen LogP contribution in [0, 0.1) is 11.3 Å². The number of aliphatic hydroxyl groups is 1. The van der Waals surface area contributed by atoms with Crippen LogP contribution in [0.2, 0.25) is 0 Å². The fourth-order valence-corrected chi connectivity index (χ4v) is 6.46. The minimum Gasteiger partial charge on any atom is -0.386 e. The molecule has 0 aliphatic carbocycles. The third-order valence-electron chi connectivity index (χ3n) is 9.83. The van der Waals surface area contributed by atoms with Crippen molar-refractivity contribution < 1.29 is 24.2 Å². The van der Waals surface area contributed by atoms with E-state index in [0.29, 0.717) is 0 Å². The van der Waals surface area contributed by atoms with Gasteiger partial charge in [-0.3, -0.25) is 15.0 Å². The maximum Gasteiger partial charge on any atom is 0.326 e. The van der Waals surface area contributed by atoms with Crippen molar-refractivity contribution in [1.82, 2.24) is 10.2 Å². The first kappa shape index (κ1) is 29.0. The first-order chi connectivity index (χ1) is 19.3. The van der Waals surface area contributed by atoms with Crippen LogP contribution in [0.4, 0.5) is 4.79 Å². The quantitative estimate of drug-likeness (QED) is 0.377. The SMILES string of the molecule is CC1CN([C@]2(C)O[C@](C)(COC(c3ccccc3)(c3ccccc3)c3ccccc3)C(C)(O)C2(C)C)C(=O)NC1=O. The maximum absolute atomic E-state index is 13.1. The highest BCUT2D eigenvalue weighted by Crippen LogP contribution is 2.59. The third-order valence-corrected chi connectivity index (χ3v) is 9.83. The fraction of sp³-hybridized carbons (Fsp3) is 0.412. The predicted molar refractivity (Wildman–Crippen MR) is 157 cm³/mol. The molecule has 0 bridgehead atoms. The van der Waals surface area contributed by atoms with Crippen molar-refractivity contribution in [2.45, 2.75) is 64.1 Å². The zero-order chi connectivity index (χ0) is 29.7. The molecule has 3 aromatic rings. The lowest BCUT2D eigenvalue weighted by Gasteiger charge is -2.50. The van der Waals surface area contributed by atoms with Crippen molar-refractivity contribution >= 4 is 11.9 Å². The standard InChI is InChI=1S/C34H40N2O5/c1-24-22-36(29(38)35-28(24)37)33(6)30(2,3)32(5,39)31(4,41-33)23-40-34(25-16-10-7-11-17-25,26-18-12-8-13-19-26)27-20-14-9-15-21-27/h7-21,24,39H,22-23H2,1-6H3,(H,35,37,38)/t24?,31-,32?,33-/m1/s1. The molecule has 41 heavy (non-hydrogen) atoms. The molecule has 3 aromatic carbocycles. The minimum atomic E-state index is -1.45. The van der Waals surface area contributed by atoms with E-state index in [1.807, 2.05) is 119 Å². The highest BCUT2D eigenvalue weighted by molar-refractivity contribution is 5.98. The number of ether oxygens (including phenoxy) is 2. The number of hydrogen-bond acceptors (Lipinski definition) is 5. The molecule has 0 aromatic heterocycles. The minimum absolute atomic E-state index is 0.00163. The summed E-state index contributed by atoms with van der Waals surface area (Å²) < 4.78 is 13.9. The van der Waals surface area contributed by atoms with E-state index in [-0.39, 0.29) is 19.1 Å². The average Bonchev–Trinajstić information content (AvgIpc) is 3.07.